The summed E-state index contributed by atoms with van der Waals surface area (Å²) < 4.78 is 5.60. The number of aryl methyl sites for hydroxylation is 3. The van der Waals surface area contributed by atoms with Gasteiger partial charge in [-0.3, -0.25) is 4.79 Å². The molecule has 24 heavy (non-hydrogen) atoms. The van der Waals surface area contributed by atoms with Crippen molar-refractivity contribution in [2.24, 2.45) is 0 Å². The van der Waals surface area contributed by atoms with E-state index in [2.05, 4.69) is 5.32 Å². The molecular formula is C19H21NO4. The second-order valence-electron chi connectivity index (χ2n) is 5.77. The van der Waals surface area contributed by atoms with E-state index in [4.69, 9.17) is 4.74 Å². The van der Waals surface area contributed by atoms with Crippen molar-refractivity contribution >= 4 is 11.9 Å². The van der Waals surface area contributed by atoms with Crippen molar-refractivity contribution in [3.05, 3.63) is 64.7 Å². The summed E-state index contributed by atoms with van der Waals surface area (Å²) in [6.07, 6.45) is 0. The van der Waals surface area contributed by atoms with Gasteiger partial charge in [-0.15, -0.1) is 0 Å². The van der Waals surface area contributed by atoms with Crippen LogP contribution in [0.3, 0.4) is 0 Å². The van der Waals surface area contributed by atoms with Crippen LogP contribution in [0.25, 0.3) is 0 Å². The molecule has 5 nitrogen and oxygen atoms in total. The van der Waals surface area contributed by atoms with Gasteiger partial charge in [-0.25, -0.2) is 4.79 Å². The zero-order valence-corrected chi connectivity index (χ0v) is 14.0. The van der Waals surface area contributed by atoms with E-state index in [0.717, 1.165) is 16.7 Å². The molecule has 0 aliphatic carbocycles. The van der Waals surface area contributed by atoms with Crippen molar-refractivity contribution in [2.75, 3.05) is 6.61 Å². The van der Waals surface area contributed by atoms with Crippen molar-refractivity contribution in [3.8, 4) is 5.75 Å². The molecule has 2 aromatic rings. The van der Waals surface area contributed by atoms with Crippen LogP contribution in [0.15, 0.2) is 42.5 Å². The number of hydrogen-bond acceptors (Lipinski definition) is 3. The zero-order valence-electron chi connectivity index (χ0n) is 14.0. The van der Waals surface area contributed by atoms with Gasteiger partial charge < -0.3 is 15.2 Å². The first-order chi connectivity index (χ1) is 11.4. The van der Waals surface area contributed by atoms with E-state index in [9.17, 15) is 14.7 Å². The van der Waals surface area contributed by atoms with Crippen LogP contribution in [0, 0.1) is 20.8 Å². The highest BCUT2D eigenvalue weighted by atomic mass is 16.5. The molecule has 2 N–H and O–H groups in total. The van der Waals surface area contributed by atoms with Crippen molar-refractivity contribution in [1.82, 2.24) is 5.32 Å². The van der Waals surface area contributed by atoms with Crippen LogP contribution in [0.1, 0.15) is 28.3 Å². The van der Waals surface area contributed by atoms with Crippen LogP contribution in [0.4, 0.5) is 0 Å². The Balaban J connectivity index is 2.04. The molecule has 0 heterocycles. The van der Waals surface area contributed by atoms with Crippen LogP contribution in [-0.2, 0) is 9.59 Å². The quantitative estimate of drug-likeness (QED) is 0.855. The maximum absolute atomic E-state index is 12.1. The smallest absolute Gasteiger partial charge is 0.330 e. The van der Waals surface area contributed by atoms with Crippen molar-refractivity contribution in [3.63, 3.8) is 0 Å². The summed E-state index contributed by atoms with van der Waals surface area (Å²) in [6.45, 7) is 5.59. The average molecular weight is 327 g/mol. The van der Waals surface area contributed by atoms with Gasteiger partial charge in [0.05, 0.1) is 0 Å². The molecule has 5 heteroatoms. The molecule has 0 unspecified atom stereocenters. The largest absolute Gasteiger partial charge is 0.483 e. The number of hydrogen-bond donors (Lipinski definition) is 2. The number of carboxylic acids is 1. The Kier molecular flexibility index (Phi) is 5.58. The van der Waals surface area contributed by atoms with Crippen molar-refractivity contribution < 1.29 is 19.4 Å². The highest BCUT2D eigenvalue weighted by Crippen LogP contribution is 2.24. The average Bonchev–Trinajstić information content (AvgIpc) is 2.52. The zero-order chi connectivity index (χ0) is 17.7. The fourth-order valence-corrected chi connectivity index (χ4v) is 2.67. The first kappa shape index (κ1) is 17.5. The maximum Gasteiger partial charge on any atom is 0.330 e. The van der Waals surface area contributed by atoms with Crippen LogP contribution in [-0.4, -0.2) is 23.6 Å². The van der Waals surface area contributed by atoms with Gasteiger partial charge in [-0.05, 0) is 37.5 Å². The van der Waals surface area contributed by atoms with Gasteiger partial charge in [0.1, 0.15) is 5.75 Å². The minimum Gasteiger partial charge on any atom is -0.483 e. The van der Waals surface area contributed by atoms with Gasteiger partial charge in [0.15, 0.2) is 12.6 Å². The number of aliphatic carboxylic acids is 1. The van der Waals surface area contributed by atoms with Gasteiger partial charge in [0.25, 0.3) is 5.91 Å². The van der Waals surface area contributed by atoms with E-state index >= 15 is 0 Å². The first-order valence-corrected chi connectivity index (χ1v) is 7.66. The lowest BCUT2D eigenvalue weighted by molar-refractivity contribution is -0.142. The molecule has 0 radical (unpaired) electrons. The second-order valence-corrected chi connectivity index (χ2v) is 5.77. The first-order valence-electron chi connectivity index (χ1n) is 7.66. The third-order valence-corrected chi connectivity index (χ3v) is 3.64. The Morgan fingerprint density at radius 1 is 1.08 bits per heavy atom. The minimum atomic E-state index is -1.11. The molecule has 1 amide bonds. The molecule has 2 aromatic carbocycles. The molecule has 0 saturated carbocycles. The molecule has 0 aromatic heterocycles. The predicted octanol–water partition coefficient (Wildman–Crippen LogP) is 2.93. The fourth-order valence-electron chi connectivity index (χ4n) is 2.67. The number of amides is 1. The van der Waals surface area contributed by atoms with Gasteiger partial charge in [-0.2, -0.15) is 0 Å². The minimum absolute atomic E-state index is 0.235. The lowest BCUT2D eigenvalue weighted by Gasteiger charge is -2.16. The Bertz CT molecular complexity index is 717. The molecule has 0 saturated heterocycles. The van der Waals surface area contributed by atoms with E-state index in [1.807, 2.05) is 32.9 Å². The van der Waals surface area contributed by atoms with Gasteiger partial charge in [0.2, 0.25) is 0 Å². The number of carbonyl (C=O) groups excluding carboxylic acids is 1. The Hall–Kier alpha value is -2.82. The summed E-state index contributed by atoms with van der Waals surface area (Å²) >= 11 is 0. The van der Waals surface area contributed by atoms with Crippen LogP contribution in [0.2, 0.25) is 0 Å². The molecule has 126 valence electrons. The molecule has 0 spiro atoms. The lowest BCUT2D eigenvalue weighted by Crippen LogP contribution is -2.36. The summed E-state index contributed by atoms with van der Waals surface area (Å²) in [4.78, 5) is 23.5. The lowest BCUT2D eigenvalue weighted by atomic mass is 10.1. The maximum atomic E-state index is 12.1. The standard InChI is InChI=1S/C19H21NO4/c1-12-9-13(2)18(14(3)10-12)24-11-16(21)20-17(19(22)23)15-7-5-4-6-8-15/h4-10,17H,11H2,1-3H3,(H,20,21)(H,22,23)/t17-/m0/s1. The van der Waals surface area contributed by atoms with Gasteiger partial charge in [0, 0.05) is 0 Å². The van der Waals surface area contributed by atoms with Crippen LogP contribution >= 0.6 is 0 Å². The van der Waals surface area contributed by atoms with Gasteiger partial charge in [-0.1, -0.05) is 48.0 Å². The molecule has 2 rings (SSSR count). The molecule has 0 aliphatic rings. The SMILES string of the molecule is Cc1cc(C)c(OCC(=O)N[C@H](C(=O)O)c2ccccc2)c(C)c1. The van der Waals surface area contributed by atoms with E-state index in [-0.39, 0.29) is 6.61 Å². The molecule has 1 atom stereocenters. The highest BCUT2D eigenvalue weighted by Gasteiger charge is 2.22. The number of nitrogens with one attached hydrogen (secondary N) is 1. The number of benzene rings is 2. The molecular weight excluding hydrogens is 306 g/mol. The van der Waals surface area contributed by atoms with E-state index in [1.165, 1.54) is 0 Å². The summed E-state index contributed by atoms with van der Waals surface area (Å²) in [5.41, 5.74) is 3.52. The normalized spacial score (nSPS) is 11.6. The van der Waals surface area contributed by atoms with E-state index in [1.54, 1.807) is 30.3 Å². The highest BCUT2D eigenvalue weighted by molar-refractivity contribution is 5.85. The van der Waals surface area contributed by atoms with Crippen molar-refractivity contribution in [1.29, 1.82) is 0 Å². The summed E-state index contributed by atoms with van der Waals surface area (Å²) in [5, 5.41) is 11.8. The van der Waals surface area contributed by atoms with Crippen molar-refractivity contribution in [2.45, 2.75) is 26.8 Å². The van der Waals surface area contributed by atoms with E-state index in [0.29, 0.717) is 11.3 Å². The number of ether oxygens (including phenoxy) is 1. The molecule has 0 bridgehead atoms. The van der Waals surface area contributed by atoms with E-state index < -0.39 is 17.9 Å². The monoisotopic (exact) mass is 327 g/mol. The topological polar surface area (TPSA) is 75.6 Å². The summed E-state index contributed by atoms with van der Waals surface area (Å²) in [7, 11) is 0. The summed E-state index contributed by atoms with van der Waals surface area (Å²) in [6, 6.07) is 11.4. The Morgan fingerprint density at radius 2 is 1.67 bits per heavy atom. The number of rotatable bonds is 6. The van der Waals surface area contributed by atoms with Gasteiger partial charge >= 0.3 is 5.97 Å². The summed E-state index contributed by atoms with van der Waals surface area (Å²) in [5.74, 6) is -0.940. The third-order valence-electron chi connectivity index (χ3n) is 3.64. The molecule has 0 fully saturated rings. The second kappa shape index (κ2) is 7.64. The fraction of sp³-hybridized carbons (Fsp3) is 0.263. The predicted molar refractivity (Wildman–Crippen MR) is 91.1 cm³/mol. The Labute approximate surface area is 141 Å². The molecule has 0 aliphatic heterocycles. The van der Waals surface area contributed by atoms with Crippen LogP contribution < -0.4 is 10.1 Å². The number of carboxylic acid groups (broad SMARTS) is 1. The number of carbonyl (C=O) groups is 2. The van der Waals surface area contributed by atoms with Crippen LogP contribution in [0.5, 0.6) is 5.75 Å². The third kappa shape index (κ3) is 4.35. The Morgan fingerprint density at radius 3 is 2.21 bits per heavy atom.